The van der Waals surface area contributed by atoms with Gasteiger partial charge in [0.05, 0.1) is 17.9 Å². The summed E-state index contributed by atoms with van der Waals surface area (Å²) in [6.07, 6.45) is 2.75. The van der Waals surface area contributed by atoms with Crippen LogP contribution in [0.15, 0.2) is 28.8 Å². The van der Waals surface area contributed by atoms with Crippen LogP contribution in [0.4, 0.5) is 11.4 Å². The molecule has 6 heteroatoms. The van der Waals surface area contributed by atoms with E-state index in [0.29, 0.717) is 24.8 Å². The van der Waals surface area contributed by atoms with Crippen LogP contribution in [0, 0.1) is 0 Å². The zero-order valence-electron chi connectivity index (χ0n) is 12.5. The molecule has 1 aromatic carbocycles. The molecule has 1 aromatic heterocycles. The smallest absolute Gasteiger partial charge is 0.246 e. The molecular weight excluding hydrogens is 280 g/mol. The maximum absolute atomic E-state index is 12.0. The van der Waals surface area contributed by atoms with Gasteiger partial charge in [-0.1, -0.05) is 17.3 Å². The van der Waals surface area contributed by atoms with Gasteiger partial charge in [-0.25, -0.2) is 0 Å². The molecular formula is C16H18N4O2. The highest BCUT2D eigenvalue weighted by Crippen LogP contribution is 2.38. The Morgan fingerprint density at radius 1 is 1.36 bits per heavy atom. The molecule has 2 heterocycles. The van der Waals surface area contributed by atoms with Crippen LogP contribution < -0.4 is 10.2 Å². The molecule has 1 N–H and O–H groups in total. The van der Waals surface area contributed by atoms with Gasteiger partial charge in [0.1, 0.15) is 0 Å². The average molecular weight is 298 g/mol. The van der Waals surface area contributed by atoms with Crippen molar-refractivity contribution in [1.29, 1.82) is 0 Å². The Morgan fingerprint density at radius 3 is 3.00 bits per heavy atom. The van der Waals surface area contributed by atoms with E-state index in [2.05, 4.69) is 20.4 Å². The fourth-order valence-electron chi connectivity index (χ4n) is 2.87. The van der Waals surface area contributed by atoms with Crippen LogP contribution in [0.2, 0.25) is 0 Å². The highest BCUT2D eigenvalue weighted by Gasteiger charge is 2.30. The number of para-hydroxylation sites is 2. The van der Waals surface area contributed by atoms with E-state index in [1.54, 1.807) is 0 Å². The van der Waals surface area contributed by atoms with Crippen LogP contribution in [0.25, 0.3) is 0 Å². The molecule has 0 unspecified atom stereocenters. The first kappa shape index (κ1) is 13.3. The van der Waals surface area contributed by atoms with Crippen molar-refractivity contribution in [2.45, 2.75) is 44.7 Å². The van der Waals surface area contributed by atoms with Gasteiger partial charge in [0.15, 0.2) is 5.82 Å². The van der Waals surface area contributed by atoms with Crippen molar-refractivity contribution in [3.05, 3.63) is 36.0 Å². The number of rotatable bonds is 3. The topological polar surface area (TPSA) is 71.3 Å². The van der Waals surface area contributed by atoms with E-state index in [0.717, 1.165) is 30.0 Å². The molecule has 0 saturated heterocycles. The number of hydrogen-bond acceptors (Lipinski definition) is 5. The minimum atomic E-state index is 0.0339. The monoisotopic (exact) mass is 298 g/mol. The first-order chi connectivity index (χ1) is 10.7. The van der Waals surface area contributed by atoms with Gasteiger partial charge in [-0.3, -0.25) is 4.79 Å². The Hall–Kier alpha value is -2.37. The number of nitrogens with one attached hydrogen (secondary N) is 1. The second kappa shape index (κ2) is 5.12. The van der Waals surface area contributed by atoms with Gasteiger partial charge in [-0.2, -0.15) is 4.98 Å². The lowest BCUT2D eigenvalue weighted by Gasteiger charge is -2.28. The van der Waals surface area contributed by atoms with E-state index < -0.39 is 0 Å². The third kappa shape index (κ3) is 2.45. The largest absolute Gasteiger partial charge is 0.357 e. The van der Waals surface area contributed by atoms with E-state index in [9.17, 15) is 4.79 Å². The van der Waals surface area contributed by atoms with Crippen molar-refractivity contribution in [1.82, 2.24) is 10.1 Å². The molecule has 0 spiro atoms. The van der Waals surface area contributed by atoms with Crippen molar-refractivity contribution in [2.24, 2.45) is 0 Å². The second-order valence-corrected chi connectivity index (χ2v) is 6.07. The second-order valence-electron chi connectivity index (χ2n) is 6.07. The molecule has 22 heavy (non-hydrogen) atoms. The summed E-state index contributed by atoms with van der Waals surface area (Å²) in [6, 6.07) is 7.89. The van der Waals surface area contributed by atoms with Gasteiger partial charge in [0, 0.05) is 18.4 Å². The third-order valence-electron chi connectivity index (χ3n) is 4.23. The maximum atomic E-state index is 12.0. The standard InChI is InChI=1S/C16H18N4O2/c1-10-8-14(21)17-12-4-2-3-5-13(12)20(10)9-15-18-16(19-22-15)11-6-7-11/h2-5,10-11H,6-9H2,1H3,(H,17,21)/t10-/m0/s1. The van der Waals surface area contributed by atoms with Crippen LogP contribution in [0.5, 0.6) is 0 Å². The molecule has 1 amide bonds. The fourth-order valence-corrected chi connectivity index (χ4v) is 2.87. The highest BCUT2D eigenvalue weighted by atomic mass is 16.5. The van der Waals surface area contributed by atoms with E-state index >= 15 is 0 Å². The molecule has 2 aliphatic rings. The zero-order chi connectivity index (χ0) is 15.1. The number of fused-ring (bicyclic) bond motifs is 1. The third-order valence-corrected chi connectivity index (χ3v) is 4.23. The number of benzene rings is 1. The van der Waals surface area contributed by atoms with Gasteiger partial charge < -0.3 is 14.7 Å². The summed E-state index contributed by atoms with van der Waals surface area (Å²) in [4.78, 5) is 18.6. The number of anilines is 2. The molecule has 1 saturated carbocycles. The Morgan fingerprint density at radius 2 is 2.18 bits per heavy atom. The van der Waals surface area contributed by atoms with Crippen molar-refractivity contribution < 1.29 is 9.32 Å². The zero-order valence-corrected chi connectivity index (χ0v) is 12.5. The fraction of sp³-hybridized carbons (Fsp3) is 0.438. The van der Waals surface area contributed by atoms with E-state index in [-0.39, 0.29) is 11.9 Å². The summed E-state index contributed by atoms with van der Waals surface area (Å²) in [6.45, 7) is 2.56. The number of aromatic nitrogens is 2. The number of carbonyl (C=O) groups is 1. The predicted molar refractivity (Wildman–Crippen MR) is 81.6 cm³/mol. The number of nitrogens with zero attached hydrogens (tertiary/aromatic N) is 3. The highest BCUT2D eigenvalue weighted by molar-refractivity contribution is 5.96. The molecule has 1 fully saturated rings. The van der Waals surface area contributed by atoms with Crippen molar-refractivity contribution in [3.8, 4) is 0 Å². The summed E-state index contributed by atoms with van der Waals surface area (Å²) in [5.41, 5.74) is 1.82. The summed E-state index contributed by atoms with van der Waals surface area (Å²) in [5.74, 6) is 1.94. The summed E-state index contributed by atoms with van der Waals surface area (Å²) < 4.78 is 5.39. The van der Waals surface area contributed by atoms with Crippen LogP contribution in [-0.4, -0.2) is 22.1 Å². The summed E-state index contributed by atoms with van der Waals surface area (Å²) >= 11 is 0. The van der Waals surface area contributed by atoms with Crippen molar-refractivity contribution in [3.63, 3.8) is 0 Å². The molecule has 6 nitrogen and oxygen atoms in total. The summed E-state index contributed by atoms with van der Waals surface area (Å²) in [5, 5.41) is 7.02. The predicted octanol–water partition coefficient (Wildman–Crippen LogP) is 2.68. The Kier molecular flexibility index (Phi) is 3.10. The molecule has 1 aliphatic heterocycles. The van der Waals surface area contributed by atoms with E-state index in [1.165, 1.54) is 0 Å². The van der Waals surface area contributed by atoms with Crippen LogP contribution in [-0.2, 0) is 11.3 Å². The van der Waals surface area contributed by atoms with Crippen molar-refractivity contribution >= 4 is 17.3 Å². The van der Waals surface area contributed by atoms with E-state index in [4.69, 9.17) is 4.52 Å². The number of hydrogen-bond donors (Lipinski definition) is 1. The normalized spacial score (nSPS) is 21.2. The maximum Gasteiger partial charge on any atom is 0.246 e. The first-order valence-corrected chi connectivity index (χ1v) is 7.68. The van der Waals surface area contributed by atoms with Crippen LogP contribution in [0.3, 0.4) is 0 Å². The molecule has 1 atom stereocenters. The van der Waals surface area contributed by atoms with Gasteiger partial charge in [-0.05, 0) is 31.9 Å². The molecule has 0 bridgehead atoms. The lowest BCUT2D eigenvalue weighted by atomic mass is 10.2. The Balaban J connectivity index is 1.64. The quantitative estimate of drug-likeness (QED) is 0.943. The molecule has 0 radical (unpaired) electrons. The lowest BCUT2D eigenvalue weighted by molar-refractivity contribution is -0.116. The van der Waals surface area contributed by atoms with Gasteiger partial charge >= 0.3 is 0 Å². The Bertz CT molecular complexity index is 708. The molecule has 114 valence electrons. The number of amides is 1. The molecule has 1 aliphatic carbocycles. The minimum Gasteiger partial charge on any atom is -0.357 e. The average Bonchev–Trinajstić information content (AvgIpc) is 3.26. The summed E-state index contributed by atoms with van der Waals surface area (Å²) in [7, 11) is 0. The van der Waals surface area contributed by atoms with Gasteiger partial charge in [-0.15, -0.1) is 0 Å². The Labute approximate surface area is 128 Å². The van der Waals surface area contributed by atoms with Crippen LogP contribution in [0.1, 0.15) is 43.8 Å². The van der Waals surface area contributed by atoms with E-state index in [1.807, 2.05) is 31.2 Å². The van der Waals surface area contributed by atoms with Crippen LogP contribution >= 0.6 is 0 Å². The first-order valence-electron chi connectivity index (χ1n) is 7.68. The van der Waals surface area contributed by atoms with Gasteiger partial charge in [0.2, 0.25) is 11.8 Å². The molecule has 2 aromatic rings. The number of carbonyl (C=O) groups excluding carboxylic acids is 1. The lowest BCUT2D eigenvalue weighted by Crippen LogP contribution is -2.33. The molecule has 4 rings (SSSR count). The van der Waals surface area contributed by atoms with Gasteiger partial charge in [0.25, 0.3) is 0 Å². The minimum absolute atomic E-state index is 0.0339. The van der Waals surface area contributed by atoms with Crippen molar-refractivity contribution in [2.75, 3.05) is 10.2 Å². The SMILES string of the molecule is C[C@H]1CC(=O)Nc2ccccc2N1Cc1nc(C2CC2)no1.